The van der Waals surface area contributed by atoms with Crippen molar-refractivity contribution in [2.75, 3.05) is 4.90 Å². The van der Waals surface area contributed by atoms with E-state index in [4.69, 9.17) is 4.42 Å². The number of amides is 1. The molecule has 1 amide bonds. The Morgan fingerprint density at radius 1 is 1.00 bits per heavy atom. The van der Waals surface area contributed by atoms with Gasteiger partial charge in [0.2, 0.25) is 5.89 Å². The van der Waals surface area contributed by atoms with Crippen molar-refractivity contribution in [3.05, 3.63) is 83.4 Å². The summed E-state index contributed by atoms with van der Waals surface area (Å²) in [5.74, 6) is 1.11. The zero-order chi connectivity index (χ0) is 19.3. The predicted molar refractivity (Wildman–Crippen MR) is 110 cm³/mol. The molecular formula is C24H20N2O2. The smallest absolute Gasteiger partial charge is 0.258 e. The van der Waals surface area contributed by atoms with Crippen LogP contribution in [0.4, 0.5) is 5.69 Å². The van der Waals surface area contributed by atoms with Gasteiger partial charge in [-0.2, -0.15) is 0 Å². The molecule has 2 heterocycles. The highest BCUT2D eigenvalue weighted by molar-refractivity contribution is 6.10. The molecule has 1 aliphatic rings. The molecule has 0 N–H and O–H groups in total. The van der Waals surface area contributed by atoms with Gasteiger partial charge in [-0.1, -0.05) is 44.2 Å². The first kappa shape index (κ1) is 16.8. The number of benzene rings is 3. The van der Waals surface area contributed by atoms with Crippen LogP contribution < -0.4 is 4.90 Å². The van der Waals surface area contributed by atoms with Crippen LogP contribution in [0.3, 0.4) is 0 Å². The lowest BCUT2D eigenvalue weighted by Gasteiger charge is -2.15. The standard InChI is InChI=1S/C24H20N2O2/c1-15(2)16-7-9-17(10-8-16)23-25-21-12-11-19(13-22(21)28-23)26-14-18-5-3-4-6-20(18)24(26)27/h3-13,15H,14H2,1-2H3. The molecule has 4 heteroatoms. The lowest BCUT2D eigenvalue weighted by atomic mass is 10.0. The highest BCUT2D eigenvalue weighted by Crippen LogP contribution is 2.32. The normalized spacial score (nSPS) is 13.5. The third kappa shape index (κ3) is 2.69. The van der Waals surface area contributed by atoms with Gasteiger partial charge in [-0.15, -0.1) is 0 Å². The molecule has 5 rings (SSSR count). The van der Waals surface area contributed by atoms with Crippen LogP contribution in [-0.4, -0.2) is 10.9 Å². The Morgan fingerprint density at radius 2 is 1.79 bits per heavy atom. The van der Waals surface area contributed by atoms with E-state index < -0.39 is 0 Å². The van der Waals surface area contributed by atoms with Crippen molar-refractivity contribution in [1.29, 1.82) is 0 Å². The van der Waals surface area contributed by atoms with E-state index in [2.05, 4.69) is 31.0 Å². The summed E-state index contributed by atoms with van der Waals surface area (Å²) in [5, 5.41) is 0. The number of anilines is 1. The van der Waals surface area contributed by atoms with Crippen LogP contribution in [0.25, 0.3) is 22.6 Å². The number of aromatic nitrogens is 1. The van der Waals surface area contributed by atoms with Gasteiger partial charge >= 0.3 is 0 Å². The fourth-order valence-electron chi connectivity index (χ4n) is 3.68. The van der Waals surface area contributed by atoms with E-state index in [-0.39, 0.29) is 5.91 Å². The van der Waals surface area contributed by atoms with Gasteiger partial charge in [-0.05, 0) is 47.4 Å². The topological polar surface area (TPSA) is 46.3 Å². The summed E-state index contributed by atoms with van der Waals surface area (Å²) in [4.78, 5) is 19.1. The fraction of sp³-hybridized carbons (Fsp3) is 0.167. The van der Waals surface area contributed by atoms with E-state index in [1.807, 2.05) is 54.6 Å². The number of rotatable bonds is 3. The van der Waals surface area contributed by atoms with E-state index in [0.29, 0.717) is 23.9 Å². The van der Waals surface area contributed by atoms with E-state index in [1.54, 1.807) is 4.90 Å². The Bertz CT molecular complexity index is 1190. The number of oxazole rings is 1. The lowest BCUT2D eigenvalue weighted by Crippen LogP contribution is -2.22. The quantitative estimate of drug-likeness (QED) is 0.460. The number of carbonyl (C=O) groups excluding carboxylic acids is 1. The van der Waals surface area contributed by atoms with Crippen molar-refractivity contribution in [2.45, 2.75) is 26.3 Å². The summed E-state index contributed by atoms with van der Waals surface area (Å²) in [5.41, 5.74) is 6.36. The molecule has 4 aromatic rings. The first-order valence-corrected chi connectivity index (χ1v) is 9.51. The minimum absolute atomic E-state index is 0.0268. The molecule has 0 unspecified atom stereocenters. The number of carbonyl (C=O) groups is 1. The Balaban J connectivity index is 1.48. The molecule has 0 fully saturated rings. The SMILES string of the molecule is CC(C)c1ccc(-c2nc3ccc(N4Cc5ccccc5C4=O)cc3o2)cc1. The van der Waals surface area contributed by atoms with Crippen LogP contribution in [0.15, 0.2) is 71.1 Å². The van der Waals surface area contributed by atoms with Crippen LogP contribution in [0, 0.1) is 0 Å². The van der Waals surface area contributed by atoms with E-state index in [1.165, 1.54) is 5.56 Å². The molecule has 138 valence electrons. The third-order valence-electron chi connectivity index (χ3n) is 5.33. The summed E-state index contributed by atoms with van der Waals surface area (Å²) < 4.78 is 6.02. The largest absolute Gasteiger partial charge is 0.436 e. The van der Waals surface area contributed by atoms with Crippen molar-refractivity contribution < 1.29 is 9.21 Å². The summed E-state index contributed by atoms with van der Waals surface area (Å²) in [6.07, 6.45) is 0. The summed E-state index contributed by atoms with van der Waals surface area (Å²) in [7, 11) is 0. The van der Waals surface area contributed by atoms with Gasteiger partial charge in [0.05, 0.1) is 6.54 Å². The summed E-state index contributed by atoms with van der Waals surface area (Å²) >= 11 is 0. The van der Waals surface area contributed by atoms with Crippen LogP contribution in [0.2, 0.25) is 0 Å². The first-order chi connectivity index (χ1) is 13.6. The Labute approximate surface area is 163 Å². The van der Waals surface area contributed by atoms with Crippen molar-refractivity contribution in [3.8, 4) is 11.5 Å². The molecular weight excluding hydrogens is 348 g/mol. The van der Waals surface area contributed by atoms with Gasteiger partial charge in [0.1, 0.15) is 5.52 Å². The van der Waals surface area contributed by atoms with Crippen LogP contribution in [0.5, 0.6) is 0 Å². The molecule has 28 heavy (non-hydrogen) atoms. The minimum atomic E-state index is 0.0268. The van der Waals surface area contributed by atoms with Gasteiger partial charge in [0, 0.05) is 22.9 Å². The Hall–Kier alpha value is -3.40. The third-order valence-corrected chi connectivity index (χ3v) is 5.33. The van der Waals surface area contributed by atoms with Gasteiger partial charge in [-0.3, -0.25) is 4.79 Å². The van der Waals surface area contributed by atoms with E-state index >= 15 is 0 Å². The van der Waals surface area contributed by atoms with Gasteiger partial charge < -0.3 is 9.32 Å². The van der Waals surface area contributed by atoms with Crippen LogP contribution in [-0.2, 0) is 6.54 Å². The number of hydrogen-bond acceptors (Lipinski definition) is 3. The molecule has 4 nitrogen and oxygen atoms in total. The molecule has 1 aromatic heterocycles. The van der Waals surface area contributed by atoms with Crippen molar-refractivity contribution in [1.82, 2.24) is 4.98 Å². The fourth-order valence-corrected chi connectivity index (χ4v) is 3.68. The maximum atomic E-state index is 12.7. The molecule has 0 saturated carbocycles. The molecule has 1 aliphatic heterocycles. The van der Waals surface area contributed by atoms with Crippen LogP contribution in [0.1, 0.15) is 41.3 Å². The number of nitrogens with zero attached hydrogens (tertiary/aromatic N) is 2. The first-order valence-electron chi connectivity index (χ1n) is 9.51. The molecule has 0 spiro atoms. The van der Waals surface area contributed by atoms with E-state index in [0.717, 1.165) is 27.9 Å². The molecule has 0 aliphatic carbocycles. The van der Waals surface area contributed by atoms with Crippen molar-refractivity contribution in [2.24, 2.45) is 0 Å². The minimum Gasteiger partial charge on any atom is -0.436 e. The van der Waals surface area contributed by atoms with E-state index in [9.17, 15) is 4.79 Å². The van der Waals surface area contributed by atoms with Gasteiger partial charge in [-0.25, -0.2) is 4.98 Å². The maximum Gasteiger partial charge on any atom is 0.258 e. The van der Waals surface area contributed by atoms with Gasteiger partial charge in [0.25, 0.3) is 5.91 Å². The second-order valence-corrected chi connectivity index (χ2v) is 7.50. The molecule has 0 saturated heterocycles. The zero-order valence-corrected chi connectivity index (χ0v) is 15.8. The lowest BCUT2D eigenvalue weighted by molar-refractivity contribution is 0.0996. The maximum absolute atomic E-state index is 12.7. The Kier molecular flexibility index (Phi) is 3.79. The highest BCUT2D eigenvalue weighted by atomic mass is 16.3. The molecule has 0 radical (unpaired) electrons. The van der Waals surface area contributed by atoms with Crippen molar-refractivity contribution >= 4 is 22.7 Å². The average Bonchev–Trinajstić information content (AvgIpc) is 3.29. The van der Waals surface area contributed by atoms with Gasteiger partial charge in [0.15, 0.2) is 5.58 Å². The Morgan fingerprint density at radius 3 is 2.54 bits per heavy atom. The average molecular weight is 368 g/mol. The summed E-state index contributed by atoms with van der Waals surface area (Å²) in [6.45, 7) is 4.93. The van der Waals surface area contributed by atoms with Crippen molar-refractivity contribution in [3.63, 3.8) is 0 Å². The second-order valence-electron chi connectivity index (χ2n) is 7.50. The monoisotopic (exact) mass is 368 g/mol. The number of fused-ring (bicyclic) bond motifs is 2. The zero-order valence-electron chi connectivity index (χ0n) is 15.8. The highest BCUT2D eigenvalue weighted by Gasteiger charge is 2.28. The van der Waals surface area contributed by atoms with Crippen LogP contribution >= 0.6 is 0 Å². The second kappa shape index (κ2) is 6.34. The molecule has 0 bridgehead atoms. The number of hydrogen-bond donors (Lipinski definition) is 0. The molecule has 3 aromatic carbocycles. The molecule has 0 atom stereocenters. The predicted octanol–water partition coefficient (Wildman–Crippen LogP) is 5.78. The summed E-state index contributed by atoms with van der Waals surface area (Å²) in [6, 6.07) is 21.8.